The van der Waals surface area contributed by atoms with E-state index in [9.17, 15) is 9.90 Å². The minimum absolute atomic E-state index is 0.0248. The molecule has 6 heteroatoms. The molecule has 2 heterocycles. The predicted octanol–water partition coefficient (Wildman–Crippen LogP) is 1.00. The Hall–Kier alpha value is -1.56. The van der Waals surface area contributed by atoms with E-state index >= 15 is 0 Å². The summed E-state index contributed by atoms with van der Waals surface area (Å²) < 4.78 is 2.06. The van der Waals surface area contributed by atoms with Crippen molar-refractivity contribution in [1.29, 1.82) is 0 Å². The highest BCUT2D eigenvalue weighted by atomic mass is 16.3. The molecule has 0 saturated carbocycles. The number of imidazole rings is 1. The number of likely N-dealkylation sites (tertiary alicyclic amines) is 1. The van der Waals surface area contributed by atoms with Gasteiger partial charge in [-0.15, -0.1) is 0 Å². The SMILES string of the molecule is CCc1nccn1CCNC(=O)N1CCCC[C@H]1CO. The van der Waals surface area contributed by atoms with E-state index in [1.54, 1.807) is 11.1 Å². The number of amides is 2. The van der Waals surface area contributed by atoms with Gasteiger partial charge >= 0.3 is 6.03 Å². The molecule has 0 spiro atoms. The molecule has 2 N–H and O–H groups in total. The van der Waals surface area contributed by atoms with E-state index in [1.807, 2.05) is 6.20 Å². The largest absolute Gasteiger partial charge is 0.394 e. The van der Waals surface area contributed by atoms with Crippen LogP contribution in [-0.2, 0) is 13.0 Å². The summed E-state index contributed by atoms with van der Waals surface area (Å²) in [7, 11) is 0. The Kier molecular flexibility index (Phi) is 5.40. The zero-order valence-electron chi connectivity index (χ0n) is 12.1. The monoisotopic (exact) mass is 280 g/mol. The maximum atomic E-state index is 12.1. The Morgan fingerprint density at radius 3 is 3.15 bits per heavy atom. The van der Waals surface area contributed by atoms with E-state index in [-0.39, 0.29) is 18.7 Å². The molecule has 1 atom stereocenters. The van der Waals surface area contributed by atoms with Gasteiger partial charge in [0.15, 0.2) is 0 Å². The molecule has 112 valence electrons. The standard InChI is InChI=1S/C14H24N4O2/c1-2-13-15-6-9-17(13)10-7-16-14(20)18-8-4-3-5-12(18)11-19/h6,9,12,19H,2-5,7-8,10-11H2,1H3,(H,16,20)/t12-/m0/s1. The number of rotatable bonds is 5. The summed E-state index contributed by atoms with van der Waals surface area (Å²) in [5, 5.41) is 12.3. The smallest absolute Gasteiger partial charge is 0.317 e. The molecule has 1 aromatic rings. The van der Waals surface area contributed by atoms with Crippen LogP contribution in [0.1, 0.15) is 32.0 Å². The Morgan fingerprint density at radius 1 is 1.55 bits per heavy atom. The second-order valence-electron chi connectivity index (χ2n) is 5.15. The highest BCUT2D eigenvalue weighted by Gasteiger charge is 2.25. The highest BCUT2D eigenvalue weighted by Crippen LogP contribution is 2.16. The molecule has 0 aromatic carbocycles. The second kappa shape index (κ2) is 7.28. The summed E-state index contributed by atoms with van der Waals surface area (Å²) in [6.07, 6.45) is 7.61. The fraction of sp³-hybridized carbons (Fsp3) is 0.714. The maximum absolute atomic E-state index is 12.1. The Balaban J connectivity index is 1.79. The van der Waals surface area contributed by atoms with Crippen molar-refractivity contribution in [2.24, 2.45) is 0 Å². The number of nitrogens with one attached hydrogen (secondary N) is 1. The minimum Gasteiger partial charge on any atom is -0.394 e. The first-order valence-corrected chi connectivity index (χ1v) is 7.41. The highest BCUT2D eigenvalue weighted by molar-refractivity contribution is 5.74. The van der Waals surface area contributed by atoms with Crippen molar-refractivity contribution in [3.8, 4) is 0 Å². The number of carbonyl (C=O) groups excluding carboxylic acids is 1. The van der Waals surface area contributed by atoms with Gasteiger partial charge in [0, 0.05) is 38.4 Å². The Labute approximate surface area is 119 Å². The van der Waals surface area contributed by atoms with Crippen molar-refractivity contribution >= 4 is 6.03 Å². The van der Waals surface area contributed by atoms with E-state index in [0.717, 1.165) is 44.6 Å². The predicted molar refractivity (Wildman–Crippen MR) is 76.4 cm³/mol. The van der Waals surface area contributed by atoms with Crippen molar-refractivity contribution < 1.29 is 9.90 Å². The van der Waals surface area contributed by atoms with E-state index in [2.05, 4.69) is 21.8 Å². The zero-order valence-corrected chi connectivity index (χ0v) is 12.1. The van der Waals surface area contributed by atoms with Gasteiger partial charge < -0.3 is 19.9 Å². The molecule has 1 saturated heterocycles. The Morgan fingerprint density at radius 2 is 2.40 bits per heavy atom. The number of piperidine rings is 1. The molecule has 1 fully saturated rings. The number of aromatic nitrogens is 2. The first-order valence-electron chi connectivity index (χ1n) is 7.41. The minimum atomic E-state index is -0.0677. The molecule has 2 amide bonds. The lowest BCUT2D eigenvalue weighted by Gasteiger charge is -2.34. The van der Waals surface area contributed by atoms with E-state index in [1.165, 1.54) is 0 Å². The number of carbonyl (C=O) groups is 1. The molecule has 0 aliphatic carbocycles. The van der Waals surface area contributed by atoms with Gasteiger partial charge in [0.05, 0.1) is 12.6 Å². The molecule has 1 aliphatic rings. The average molecular weight is 280 g/mol. The molecule has 20 heavy (non-hydrogen) atoms. The number of aliphatic hydroxyl groups is 1. The molecule has 0 unspecified atom stereocenters. The number of urea groups is 1. The third-order valence-electron chi connectivity index (χ3n) is 3.85. The normalized spacial score (nSPS) is 19.1. The first kappa shape index (κ1) is 14.8. The van der Waals surface area contributed by atoms with Crippen molar-refractivity contribution in [2.75, 3.05) is 19.7 Å². The number of hydrogen-bond acceptors (Lipinski definition) is 3. The van der Waals surface area contributed by atoms with E-state index in [4.69, 9.17) is 0 Å². The maximum Gasteiger partial charge on any atom is 0.317 e. The number of aryl methyl sites for hydroxylation is 1. The fourth-order valence-electron chi connectivity index (χ4n) is 2.70. The number of hydrogen-bond donors (Lipinski definition) is 2. The first-order chi connectivity index (χ1) is 9.76. The van der Waals surface area contributed by atoms with Gasteiger partial charge in [0.1, 0.15) is 5.82 Å². The topological polar surface area (TPSA) is 70.4 Å². The Bertz CT molecular complexity index is 433. The van der Waals surface area contributed by atoms with Gasteiger partial charge in [0.25, 0.3) is 0 Å². The zero-order chi connectivity index (χ0) is 14.4. The van der Waals surface area contributed by atoms with Gasteiger partial charge in [0.2, 0.25) is 0 Å². The van der Waals surface area contributed by atoms with Crippen molar-refractivity contribution in [3.05, 3.63) is 18.2 Å². The van der Waals surface area contributed by atoms with Crippen LogP contribution in [0.5, 0.6) is 0 Å². The van der Waals surface area contributed by atoms with Crippen LogP contribution in [0, 0.1) is 0 Å². The lowest BCUT2D eigenvalue weighted by Crippen LogP contribution is -2.50. The van der Waals surface area contributed by atoms with Crippen molar-refractivity contribution in [2.45, 2.75) is 45.2 Å². The van der Waals surface area contributed by atoms with Crippen LogP contribution < -0.4 is 5.32 Å². The summed E-state index contributed by atoms with van der Waals surface area (Å²) in [6, 6.07) is -0.0925. The van der Waals surface area contributed by atoms with Crippen LogP contribution in [-0.4, -0.2) is 51.3 Å². The van der Waals surface area contributed by atoms with Crippen LogP contribution in [0.3, 0.4) is 0 Å². The van der Waals surface area contributed by atoms with Crippen LogP contribution in [0.25, 0.3) is 0 Å². The number of nitrogens with zero attached hydrogens (tertiary/aromatic N) is 3. The molecule has 6 nitrogen and oxygen atoms in total. The quantitative estimate of drug-likeness (QED) is 0.845. The summed E-state index contributed by atoms with van der Waals surface area (Å²) in [4.78, 5) is 18.1. The second-order valence-corrected chi connectivity index (χ2v) is 5.15. The molecule has 0 radical (unpaired) electrons. The van der Waals surface area contributed by atoms with Gasteiger partial charge in [-0.2, -0.15) is 0 Å². The summed E-state index contributed by atoms with van der Waals surface area (Å²) >= 11 is 0. The van der Waals surface area contributed by atoms with Crippen molar-refractivity contribution in [1.82, 2.24) is 19.8 Å². The van der Waals surface area contributed by atoms with Crippen LogP contribution in [0.2, 0.25) is 0 Å². The van der Waals surface area contributed by atoms with Gasteiger partial charge in [-0.05, 0) is 19.3 Å². The van der Waals surface area contributed by atoms with Gasteiger partial charge in [-0.1, -0.05) is 6.92 Å². The molecule has 1 aliphatic heterocycles. The fourth-order valence-corrected chi connectivity index (χ4v) is 2.70. The summed E-state index contributed by atoms with van der Waals surface area (Å²) in [6.45, 7) is 4.16. The summed E-state index contributed by atoms with van der Waals surface area (Å²) in [5.41, 5.74) is 0. The molecule has 2 rings (SSSR count). The van der Waals surface area contributed by atoms with Gasteiger partial charge in [-0.3, -0.25) is 0 Å². The average Bonchev–Trinajstić information content (AvgIpc) is 2.94. The third kappa shape index (κ3) is 3.50. The molecule has 1 aromatic heterocycles. The lowest BCUT2D eigenvalue weighted by molar-refractivity contribution is 0.108. The van der Waals surface area contributed by atoms with Crippen LogP contribution in [0.4, 0.5) is 4.79 Å². The number of aliphatic hydroxyl groups excluding tert-OH is 1. The lowest BCUT2D eigenvalue weighted by atomic mass is 10.0. The molecular formula is C14H24N4O2. The van der Waals surface area contributed by atoms with Crippen molar-refractivity contribution in [3.63, 3.8) is 0 Å². The van der Waals surface area contributed by atoms with E-state index < -0.39 is 0 Å². The van der Waals surface area contributed by atoms with Gasteiger partial charge in [-0.25, -0.2) is 9.78 Å². The molecule has 0 bridgehead atoms. The summed E-state index contributed by atoms with van der Waals surface area (Å²) in [5.74, 6) is 1.03. The van der Waals surface area contributed by atoms with Crippen LogP contribution >= 0.6 is 0 Å². The van der Waals surface area contributed by atoms with Crippen LogP contribution in [0.15, 0.2) is 12.4 Å². The molecular weight excluding hydrogens is 256 g/mol. The third-order valence-corrected chi connectivity index (χ3v) is 3.85. The van der Waals surface area contributed by atoms with E-state index in [0.29, 0.717) is 6.54 Å².